The topological polar surface area (TPSA) is 35.2 Å². The standard InChI is InChI=1S/C15H22F3NO/c1-2-3-4-12-5-7-13(8-6-12)14(19)9-10-20-11-15(16,17)18/h5-8,14H,2-4,9-11,19H2,1H3. The Morgan fingerprint density at radius 2 is 1.85 bits per heavy atom. The molecule has 0 aromatic heterocycles. The van der Waals surface area contributed by atoms with Gasteiger partial charge < -0.3 is 10.5 Å². The van der Waals surface area contributed by atoms with E-state index < -0.39 is 12.8 Å². The molecule has 1 atom stereocenters. The SMILES string of the molecule is CCCCc1ccc(C(N)CCOCC(F)(F)F)cc1. The van der Waals surface area contributed by atoms with Crippen molar-refractivity contribution in [2.75, 3.05) is 13.2 Å². The maximum atomic E-state index is 11.9. The third-order valence-corrected chi connectivity index (χ3v) is 3.07. The van der Waals surface area contributed by atoms with E-state index in [-0.39, 0.29) is 12.6 Å². The number of nitrogens with two attached hydrogens (primary N) is 1. The minimum atomic E-state index is -4.27. The molecule has 0 radical (unpaired) electrons. The number of rotatable bonds is 8. The molecule has 0 spiro atoms. The molecule has 2 nitrogen and oxygen atoms in total. The van der Waals surface area contributed by atoms with Crippen LogP contribution in [0.1, 0.15) is 43.4 Å². The molecular formula is C15H22F3NO. The molecule has 1 rings (SSSR count). The quantitative estimate of drug-likeness (QED) is 0.734. The summed E-state index contributed by atoms with van der Waals surface area (Å²) >= 11 is 0. The first-order valence-electron chi connectivity index (χ1n) is 6.91. The van der Waals surface area contributed by atoms with E-state index in [1.807, 2.05) is 24.3 Å². The molecule has 114 valence electrons. The van der Waals surface area contributed by atoms with E-state index in [0.717, 1.165) is 24.8 Å². The van der Waals surface area contributed by atoms with Gasteiger partial charge in [0.2, 0.25) is 0 Å². The Bertz CT molecular complexity index is 376. The molecule has 0 aliphatic carbocycles. The van der Waals surface area contributed by atoms with Crippen LogP contribution in [0.15, 0.2) is 24.3 Å². The summed E-state index contributed by atoms with van der Waals surface area (Å²) in [6.45, 7) is 0.944. The van der Waals surface area contributed by atoms with E-state index in [4.69, 9.17) is 5.73 Å². The Morgan fingerprint density at radius 3 is 2.40 bits per heavy atom. The second-order valence-electron chi connectivity index (χ2n) is 4.91. The van der Waals surface area contributed by atoms with E-state index >= 15 is 0 Å². The molecule has 0 amide bonds. The van der Waals surface area contributed by atoms with Crippen LogP contribution in [0.2, 0.25) is 0 Å². The van der Waals surface area contributed by atoms with Gasteiger partial charge in [0.05, 0.1) is 0 Å². The van der Waals surface area contributed by atoms with E-state index in [1.165, 1.54) is 5.56 Å². The Hall–Kier alpha value is -1.07. The Kier molecular flexibility index (Phi) is 7.02. The second-order valence-corrected chi connectivity index (χ2v) is 4.91. The lowest BCUT2D eigenvalue weighted by Crippen LogP contribution is -2.19. The van der Waals surface area contributed by atoms with Crippen LogP contribution in [-0.2, 0) is 11.2 Å². The lowest BCUT2D eigenvalue weighted by atomic mass is 10.0. The number of alkyl halides is 3. The second kappa shape index (κ2) is 8.27. The van der Waals surface area contributed by atoms with Crippen molar-refractivity contribution in [2.24, 2.45) is 5.73 Å². The molecule has 0 saturated carbocycles. The molecule has 0 aliphatic heterocycles. The summed E-state index contributed by atoms with van der Waals surface area (Å²) in [7, 11) is 0. The largest absolute Gasteiger partial charge is 0.411 e. The monoisotopic (exact) mass is 289 g/mol. The van der Waals surface area contributed by atoms with Gasteiger partial charge in [-0.1, -0.05) is 37.6 Å². The van der Waals surface area contributed by atoms with E-state index in [1.54, 1.807) is 0 Å². The van der Waals surface area contributed by atoms with Crippen molar-refractivity contribution in [3.05, 3.63) is 35.4 Å². The highest BCUT2D eigenvalue weighted by molar-refractivity contribution is 5.24. The fraction of sp³-hybridized carbons (Fsp3) is 0.600. The highest BCUT2D eigenvalue weighted by atomic mass is 19.4. The summed E-state index contributed by atoms with van der Waals surface area (Å²) in [4.78, 5) is 0. The number of unbranched alkanes of at least 4 members (excludes halogenated alkanes) is 1. The van der Waals surface area contributed by atoms with Gasteiger partial charge in [-0.2, -0.15) is 13.2 Å². The number of halogens is 3. The van der Waals surface area contributed by atoms with Crippen molar-refractivity contribution in [3.8, 4) is 0 Å². The fourth-order valence-electron chi connectivity index (χ4n) is 1.88. The van der Waals surface area contributed by atoms with E-state index in [9.17, 15) is 13.2 Å². The van der Waals surface area contributed by atoms with E-state index in [2.05, 4.69) is 11.7 Å². The summed E-state index contributed by atoms with van der Waals surface area (Å²) < 4.78 is 40.2. The van der Waals surface area contributed by atoms with Crippen molar-refractivity contribution in [1.29, 1.82) is 0 Å². The van der Waals surface area contributed by atoms with Crippen molar-refractivity contribution in [2.45, 2.75) is 44.8 Å². The molecule has 0 heterocycles. The third-order valence-electron chi connectivity index (χ3n) is 3.07. The van der Waals surface area contributed by atoms with Crippen LogP contribution in [0.5, 0.6) is 0 Å². The van der Waals surface area contributed by atoms with Crippen molar-refractivity contribution >= 4 is 0 Å². The normalized spacial score (nSPS) is 13.4. The zero-order valence-electron chi connectivity index (χ0n) is 11.7. The summed E-state index contributed by atoms with van der Waals surface area (Å²) in [5.41, 5.74) is 8.13. The van der Waals surface area contributed by atoms with Crippen LogP contribution < -0.4 is 5.73 Å². The Morgan fingerprint density at radius 1 is 1.20 bits per heavy atom. The molecule has 0 saturated heterocycles. The number of benzene rings is 1. The lowest BCUT2D eigenvalue weighted by Gasteiger charge is -2.13. The highest BCUT2D eigenvalue weighted by Crippen LogP contribution is 2.18. The first kappa shape index (κ1) is 17.0. The van der Waals surface area contributed by atoms with Gasteiger partial charge in [-0.15, -0.1) is 0 Å². The first-order valence-corrected chi connectivity index (χ1v) is 6.91. The summed E-state index contributed by atoms with van der Waals surface area (Å²) in [6.07, 6.45) is -0.551. The predicted molar refractivity (Wildman–Crippen MR) is 73.5 cm³/mol. The number of aryl methyl sites for hydroxylation is 1. The molecular weight excluding hydrogens is 267 g/mol. The van der Waals surface area contributed by atoms with Crippen molar-refractivity contribution < 1.29 is 17.9 Å². The molecule has 2 N–H and O–H groups in total. The molecule has 1 unspecified atom stereocenters. The van der Waals surface area contributed by atoms with Crippen molar-refractivity contribution in [3.63, 3.8) is 0 Å². The fourth-order valence-corrected chi connectivity index (χ4v) is 1.88. The first-order chi connectivity index (χ1) is 9.42. The molecule has 20 heavy (non-hydrogen) atoms. The molecule has 0 bridgehead atoms. The van der Waals surface area contributed by atoms with Gasteiger partial charge in [-0.05, 0) is 30.4 Å². The molecule has 0 fully saturated rings. The van der Waals surface area contributed by atoms with Crippen LogP contribution in [0.4, 0.5) is 13.2 Å². The van der Waals surface area contributed by atoms with Gasteiger partial charge in [0.1, 0.15) is 6.61 Å². The Labute approximate surface area is 118 Å². The summed E-state index contributed by atoms with van der Waals surface area (Å²) in [6, 6.07) is 7.66. The molecule has 1 aromatic rings. The minimum absolute atomic E-state index is 0.0122. The van der Waals surface area contributed by atoms with Gasteiger partial charge in [-0.3, -0.25) is 0 Å². The van der Waals surface area contributed by atoms with Gasteiger partial charge >= 0.3 is 6.18 Å². The van der Waals surface area contributed by atoms with Crippen LogP contribution in [-0.4, -0.2) is 19.4 Å². The summed E-state index contributed by atoms with van der Waals surface area (Å²) in [5.74, 6) is 0. The van der Waals surface area contributed by atoms with Crippen LogP contribution in [0.3, 0.4) is 0 Å². The smallest absolute Gasteiger partial charge is 0.372 e. The third kappa shape index (κ3) is 6.91. The average molecular weight is 289 g/mol. The number of ether oxygens (including phenoxy) is 1. The van der Waals surface area contributed by atoms with Gasteiger partial charge in [0, 0.05) is 12.6 Å². The average Bonchev–Trinajstić information content (AvgIpc) is 2.40. The number of hydrogen-bond donors (Lipinski definition) is 1. The van der Waals surface area contributed by atoms with Crippen molar-refractivity contribution in [1.82, 2.24) is 0 Å². The zero-order valence-corrected chi connectivity index (χ0v) is 11.7. The van der Waals surface area contributed by atoms with Crippen LogP contribution in [0, 0.1) is 0 Å². The molecule has 0 aliphatic rings. The van der Waals surface area contributed by atoms with E-state index in [0.29, 0.717) is 6.42 Å². The van der Waals surface area contributed by atoms with Crippen LogP contribution >= 0.6 is 0 Å². The molecule has 1 aromatic carbocycles. The predicted octanol–water partition coefficient (Wildman–Crippen LogP) is 4.00. The number of hydrogen-bond acceptors (Lipinski definition) is 2. The zero-order chi connectivity index (χ0) is 15.0. The minimum Gasteiger partial charge on any atom is -0.372 e. The maximum absolute atomic E-state index is 11.9. The Balaban J connectivity index is 2.34. The van der Waals surface area contributed by atoms with Gasteiger partial charge in [0.25, 0.3) is 0 Å². The lowest BCUT2D eigenvalue weighted by molar-refractivity contribution is -0.174. The highest BCUT2D eigenvalue weighted by Gasteiger charge is 2.27. The molecule has 5 heteroatoms. The maximum Gasteiger partial charge on any atom is 0.411 e. The van der Waals surface area contributed by atoms with Gasteiger partial charge in [-0.25, -0.2) is 0 Å². The van der Waals surface area contributed by atoms with Gasteiger partial charge in [0.15, 0.2) is 0 Å². The summed E-state index contributed by atoms with van der Waals surface area (Å²) in [5, 5.41) is 0. The van der Waals surface area contributed by atoms with Crippen LogP contribution in [0.25, 0.3) is 0 Å².